The van der Waals surface area contributed by atoms with Gasteiger partial charge in [0, 0.05) is 36.0 Å². The van der Waals surface area contributed by atoms with E-state index in [1.165, 1.54) is 26.6 Å². The van der Waals surface area contributed by atoms with Crippen LogP contribution in [0.25, 0.3) is 0 Å². The van der Waals surface area contributed by atoms with Gasteiger partial charge in [0.05, 0.1) is 12.3 Å². The van der Waals surface area contributed by atoms with Crippen molar-refractivity contribution >= 4 is 17.4 Å². The third-order valence-electron chi connectivity index (χ3n) is 6.30. The molecule has 5 unspecified atom stereocenters. The van der Waals surface area contributed by atoms with Crippen LogP contribution in [0.1, 0.15) is 11.1 Å². The van der Waals surface area contributed by atoms with Gasteiger partial charge in [-0.05, 0) is 37.6 Å². The van der Waals surface area contributed by atoms with Crippen LogP contribution < -0.4 is 4.90 Å². The van der Waals surface area contributed by atoms with E-state index < -0.39 is 37.3 Å². The molecule has 32 heavy (non-hydrogen) atoms. The molecule has 2 saturated heterocycles. The minimum absolute atomic E-state index is 0.412. The molecule has 0 aromatic heterocycles. The molecule has 8 heteroatoms. The summed E-state index contributed by atoms with van der Waals surface area (Å²) in [6.45, 7) is 6.56. The fourth-order valence-electron chi connectivity index (χ4n) is 4.44. The Kier molecular flexibility index (Phi) is 7.41. The fourth-order valence-corrected chi connectivity index (χ4v) is 5.48. The van der Waals surface area contributed by atoms with Crippen molar-refractivity contribution in [3.05, 3.63) is 53.6 Å². The Labute approximate surface area is 193 Å². The van der Waals surface area contributed by atoms with Crippen LogP contribution in [0.4, 0.5) is 5.69 Å². The van der Waals surface area contributed by atoms with E-state index in [2.05, 4.69) is 55.1 Å². The fraction of sp³-hybridized carbons (Fsp3) is 0.500. The van der Waals surface area contributed by atoms with Crippen molar-refractivity contribution in [1.82, 2.24) is 4.90 Å². The van der Waals surface area contributed by atoms with E-state index >= 15 is 0 Å². The van der Waals surface area contributed by atoms with Crippen molar-refractivity contribution in [3.8, 4) is 0 Å². The zero-order chi connectivity index (χ0) is 22.8. The highest BCUT2D eigenvalue weighted by molar-refractivity contribution is 7.99. The third kappa shape index (κ3) is 4.82. The van der Waals surface area contributed by atoms with E-state index in [1.54, 1.807) is 11.8 Å². The van der Waals surface area contributed by atoms with Gasteiger partial charge >= 0.3 is 0 Å². The van der Waals surface area contributed by atoms with E-state index in [9.17, 15) is 20.4 Å². The predicted octanol–water partition coefficient (Wildman–Crippen LogP) is 1.38. The number of aliphatic hydroxyl groups is 4. The van der Waals surface area contributed by atoms with Crippen LogP contribution in [0.3, 0.4) is 0 Å². The second kappa shape index (κ2) is 10.1. The maximum Gasteiger partial charge on any atom is 0.140 e. The molecule has 0 saturated carbocycles. The minimum Gasteiger partial charge on any atom is -0.394 e. The summed E-state index contributed by atoms with van der Waals surface area (Å²) in [5.41, 5.74) is 3.69. The molecule has 0 amide bonds. The van der Waals surface area contributed by atoms with Crippen molar-refractivity contribution in [2.45, 2.75) is 54.3 Å². The van der Waals surface area contributed by atoms with Crippen LogP contribution in [0.15, 0.2) is 52.3 Å². The first-order valence-electron chi connectivity index (χ1n) is 11.0. The van der Waals surface area contributed by atoms with Gasteiger partial charge in [-0.15, -0.1) is 0 Å². The SMILES string of the molecule is Cc1ccc(Sc2ccccc2N2CCN(C3OC(CO)C(O)C(O)C3O)CC2)c(C)c1. The van der Waals surface area contributed by atoms with Gasteiger partial charge in [0.25, 0.3) is 0 Å². The van der Waals surface area contributed by atoms with Crippen LogP contribution in [0.2, 0.25) is 0 Å². The largest absolute Gasteiger partial charge is 0.394 e. The van der Waals surface area contributed by atoms with E-state index in [0.717, 1.165) is 13.1 Å². The lowest BCUT2D eigenvalue weighted by atomic mass is 9.97. The van der Waals surface area contributed by atoms with Crippen molar-refractivity contribution < 1.29 is 25.2 Å². The summed E-state index contributed by atoms with van der Waals surface area (Å²) in [5, 5.41) is 40.0. The molecule has 0 spiro atoms. The third-order valence-corrected chi connectivity index (χ3v) is 7.54. The Morgan fingerprint density at radius 2 is 1.62 bits per heavy atom. The molecule has 2 aromatic rings. The molecular formula is C24H32N2O5S. The molecule has 2 aromatic carbocycles. The number of rotatable bonds is 5. The molecule has 2 fully saturated rings. The molecule has 7 nitrogen and oxygen atoms in total. The Balaban J connectivity index is 1.45. The van der Waals surface area contributed by atoms with E-state index in [0.29, 0.717) is 13.1 Å². The summed E-state index contributed by atoms with van der Waals surface area (Å²) in [6, 6.07) is 14.9. The van der Waals surface area contributed by atoms with Gasteiger partial charge < -0.3 is 30.1 Å². The first-order valence-corrected chi connectivity index (χ1v) is 11.8. The predicted molar refractivity (Wildman–Crippen MR) is 124 cm³/mol. The molecular weight excluding hydrogens is 428 g/mol. The number of hydrogen-bond donors (Lipinski definition) is 4. The number of anilines is 1. The van der Waals surface area contributed by atoms with Gasteiger partial charge in [0.15, 0.2) is 0 Å². The average molecular weight is 461 g/mol. The van der Waals surface area contributed by atoms with Gasteiger partial charge in [0.1, 0.15) is 30.6 Å². The molecule has 0 bridgehead atoms. The molecule has 0 aliphatic carbocycles. The summed E-state index contributed by atoms with van der Waals surface area (Å²) < 4.78 is 5.73. The highest BCUT2D eigenvalue weighted by Crippen LogP contribution is 2.37. The van der Waals surface area contributed by atoms with Gasteiger partial charge in [0.2, 0.25) is 0 Å². The van der Waals surface area contributed by atoms with Gasteiger partial charge in [-0.2, -0.15) is 0 Å². The number of benzene rings is 2. The second-order valence-corrected chi connectivity index (χ2v) is 9.66. The Hall–Kier alpha value is -1.65. The van der Waals surface area contributed by atoms with Crippen LogP contribution >= 0.6 is 11.8 Å². The quantitative estimate of drug-likeness (QED) is 0.532. The van der Waals surface area contributed by atoms with E-state index in [4.69, 9.17) is 4.74 Å². The molecule has 174 valence electrons. The number of aryl methyl sites for hydroxylation is 2. The van der Waals surface area contributed by atoms with Crippen molar-refractivity contribution in [3.63, 3.8) is 0 Å². The van der Waals surface area contributed by atoms with E-state index in [-0.39, 0.29) is 0 Å². The number of piperazine rings is 1. The smallest absolute Gasteiger partial charge is 0.140 e. The molecule has 5 atom stereocenters. The second-order valence-electron chi connectivity index (χ2n) is 8.58. The minimum atomic E-state index is -1.35. The molecule has 2 aliphatic heterocycles. The highest BCUT2D eigenvalue weighted by Gasteiger charge is 2.46. The highest BCUT2D eigenvalue weighted by atomic mass is 32.2. The number of aliphatic hydroxyl groups excluding tert-OH is 4. The number of ether oxygens (including phenoxy) is 1. The Morgan fingerprint density at radius 1 is 0.906 bits per heavy atom. The van der Waals surface area contributed by atoms with Gasteiger partial charge in [-0.25, -0.2) is 0 Å². The number of nitrogens with zero attached hydrogens (tertiary/aromatic N) is 2. The Bertz CT molecular complexity index is 919. The average Bonchev–Trinajstić information content (AvgIpc) is 2.80. The van der Waals surface area contributed by atoms with Gasteiger partial charge in [-0.3, -0.25) is 4.90 Å². The molecule has 0 radical (unpaired) electrons. The van der Waals surface area contributed by atoms with Gasteiger partial charge in [-0.1, -0.05) is 41.6 Å². The molecule has 2 heterocycles. The monoisotopic (exact) mass is 460 g/mol. The molecule has 2 aliphatic rings. The zero-order valence-corrected chi connectivity index (χ0v) is 19.3. The van der Waals surface area contributed by atoms with Crippen molar-refractivity contribution in [2.75, 3.05) is 37.7 Å². The summed E-state index contributed by atoms with van der Waals surface area (Å²) in [4.78, 5) is 6.73. The van der Waals surface area contributed by atoms with E-state index in [1.807, 2.05) is 11.0 Å². The lowest BCUT2D eigenvalue weighted by molar-refractivity contribution is -0.265. The molecule has 4 N–H and O–H groups in total. The van der Waals surface area contributed by atoms with Crippen molar-refractivity contribution in [2.24, 2.45) is 0 Å². The normalized spacial score (nSPS) is 29.3. The lowest BCUT2D eigenvalue weighted by Crippen LogP contribution is -2.65. The van der Waals surface area contributed by atoms with Crippen LogP contribution in [-0.4, -0.2) is 88.8 Å². The number of para-hydroxylation sites is 1. The number of hydrogen-bond acceptors (Lipinski definition) is 8. The summed E-state index contributed by atoms with van der Waals surface area (Å²) >= 11 is 1.77. The Morgan fingerprint density at radius 3 is 2.31 bits per heavy atom. The van der Waals surface area contributed by atoms with Crippen LogP contribution in [-0.2, 0) is 4.74 Å². The summed E-state index contributed by atoms with van der Waals surface area (Å²) in [5.74, 6) is 0. The van der Waals surface area contributed by atoms with Crippen molar-refractivity contribution in [1.29, 1.82) is 0 Å². The lowest BCUT2D eigenvalue weighted by Gasteiger charge is -2.47. The maximum atomic E-state index is 10.4. The molecule has 4 rings (SSSR count). The zero-order valence-electron chi connectivity index (χ0n) is 18.5. The standard InChI is InChI=1S/C24H32N2O5S/c1-15-7-8-19(16(2)13-15)32-20-6-4-3-5-17(20)25-9-11-26(12-10-25)24-23(30)22(29)21(28)18(14-27)31-24/h3-8,13,18,21-24,27-30H,9-12,14H2,1-2H3. The summed E-state index contributed by atoms with van der Waals surface area (Å²) in [6.07, 6.45) is -5.55. The van der Waals surface area contributed by atoms with Crippen LogP contribution in [0, 0.1) is 13.8 Å². The van der Waals surface area contributed by atoms with Crippen LogP contribution in [0.5, 0.6) is 0 Å². The maximum absolute atomic E-state index is 10.4. The summed E-state index contributed by atoms with van der Waals surface area (Å²) in [7, 11) is 0. The first-order chi connectivity index (χ1) is 15.4. The topological polar surface area (TPSA) is 96.6 Å². The first kappa shape index (κ1) is 23.5.